The van der Waals surface area contributed by atoms with Gasteiger partial charge in [0.05, 0.1) is 11.0 Å². The lowest BCUT2D eigenvalue weighted by atomic mass is 9.82. The molecule has 0 spiro atoms. The monoisotopic (exact) mass is 274 g/mol. The zero-order valence-electron chi connectivity index (χ0n) is 12.2. The SMILES string of the molecule is CC1(C)CCC[C@]2(C)[C@@H](Cl)[C@]2(O[Si](C)(C)C)C1. The Kier molecular flexibility index (Phi) is 3.05. The van der Waals surface area contributed by atoms with Crippen molar-refractivity contribution < 1.29 is 4.43 Å². The van der Waals surface area contributed by atoms with Gasteiger partial charge < -0.3 is 4.43 Å². The summed E-state index contributed by atoms with van der Waals surface area (Å²) < 4.78 is 6.58. The van der Waals surface area contributed by atoms with Crippen molar-refractivity contribution in [3.8, 4) is 0 Å². The Morgan fingerprint density at radius 2 is 1.71 bits per heavy atom. The molecule has 0 radical (unpaired) electrons. The molecule has 2 aliphatic carbocycles. The number of fused-ring (bicyclic) bond motifs is 1. The van der Waals surface area contributed by atoms with Crippen LogP contribution in [-0.2, 0) is 4.43 Å². The standard InChI is InChI=1S/C14H27ClOSi/c1-12(2)8-7-9-13(3)11(15)14(13,10-12)16-17(4,5)6/h11H,7-10H2,1-6H3/t11-,13-,14-/m1/s1. The summed E-state index contributed by atoms with van der Waals surface area (Å²) in [4.78, 5) is 0. The van der Waals surface area contributed by atoms with Crippen LogP contribution in [0.4, 0.5) is 0 Å². The highest BCUT2D eigenvalue weighted by molar-refractivity contribution is 6.70. The molecule has 0 aromatic rings. The summed E-state index contributed by atoms with van der Waals surface area (Å²) in [5.74, 6) is 0. The predicted molar refractivity (Wildman–Crippen MR) is 77.2 cm³/mol. The van der Waals surface area contributed by atoms with Crippen molar-refractivity contribution in [3.05, 3.63) is 0 Å². The summed E-state index contributed by atoms with van der Waals surface area (Å²) >= 11 is 6.66. The van der Waals surface area contributed by atoms with Crippen LogP contribution in [0.2, 0.25) is 19.6 Å². The minimum atomic E-state index is -1.53. The molecule has 2 saturated carbocycles. The van der Waals surface area contributed by atoms with E-state index < -0.39 is 8.32 Å². The number of rotatable bonds is 2. The summed E-state index contributed by atoms with van der Waals surface area (Å²) in [5.41, 5.74) is 0.572. The molecular weight excluding hydrogens is 248 g/mol. The maximum atomic E-state index is 6.66. The first kappa shape index (κ1) is 13.9. The highest BCUT2D eigenvalue weighted by atomic mass is 35.5. The van der Waals surface area contributed by atoms with Crippen LogP contribution in [0.25, 0.3) is 0 Å². The van der Waals surface area contributed by atoms with Gasteiger partial charge in [0.1, 0.15) is 0 Å². The second kappa shape index (κ2) is 3.74. The molecule has 3 atom stereocenters. The lowest BCUT2D eigenvalue weighted by Gasteiger charge is -2.34. The van der Waals surface area contributed by atoms with E-state index in [0.29, 0.717) is 5.41 Å². The van der Waals surface area contributed by atoms with Gasteiger partial charge in [0.2, 0.25) is 0 Å². The van der Waals surface area contributed by atoms with Crippen LogP contribution in [0.3, 0.4) is 0 Å². The van der Waals surface area contributed by atoms with Crippen LogP contribution in [0.5, 0.6) is 0 Å². The van der Waals surface area contributed by atoms with Gasteiger partial charge in [0, 0.05) is 5.41 Å². The molecule has 3 heteroatoms. The lowest BCUT2D eigenvalue weighted by molar-refractivity contribution is 0.0814. The molecule has 17 heavy (non-hydrogen) atoms. The Bertz CT molecular complexity index is 323. The summed E-state index contributed by atoms with van der Waals surface area (Å²) in [5, 5.41) is 0.223. The highest BCUT2D eigenvalue weighted by Crippen LogP contribution is 2.70. The van der Waals surface area contributed by atoms with Crippen molar-refractivity contribution >= 4 is 19.9 Å². The van der Waals surface area contributed by atoms with Gasteiger partial charge in [-0.1, -0.05) is 27.2 Å². The average Bonchev–Trinajstić information content (AvgIpc) is 2.52. The van der Waals surface area contributed by atoms with E-state index in [1.54, 1.807) is 0 Å². The van der Waals surface area contributed by atoms with Gasteiger partial charge in [-0.25, -0.2) is 0 Å². The summed E-state index contributed by atoms with van der Waals surface area (Å²) in [6.45, 7) is 13.9. The second-order valence-electron chi connectivity index (χ2n) is 8.08. The Morgan fingerprint density at radius 3 is 2.24 bits per heavy atom. The number of halogens is 1. The van der Waals surface area contributed by atoms with E-state index in [4.69, 9.17) is 16.0 Å². The second-order valence-corrected chi connectivity index (χ2v) is 12.9. The molecular formula is C14H27ClOSi. The van der Waals surface area contributed by atoms with Gasteiger partial charge in [-0.15, -0.1) is 11.6 Å². The minimum Gasteiger partial charge on any atom is -0.410 e. The maximum absolute atomic E-state index is 6.66. The molecule has 2 aliphatic rings. The molecule has 0 saturated heterocycles. The van der Waals surface area contributed by atoms with Gasteiger partial charge in [0.15, 0.2) is 8.32 Å². The van der Waals surface area contributed by atoms with E-state index in [1.165, 1.54) is 19.3 Å². The number of alkyl halides is 1. The van der Waals surface area contributed by atoms with E-state index >= 15 is 0 Å². The van der Waals surface area contributed by atoms with E-state index in [1.807, 2.05) is 0 Å². The summed E-state index contributed by atoms with van der Waals surface area (Å²) in [7, 11) is -1.53. The quantitative estimate of drug-likeness (QED) is 0.519. The Hall–Kier alpha value is 0.467. The molecule has 0 N–H and O–H groups in total. The molecule has 0 unspecified atom stereocenters. The van der Waals surface area contributed by atoms with Gasteiger partial charge in [0.25, 0.3) is 0 Å². The van der Waals surface area contributed by atoms with Crippen molar-refractivity contribution in [2.24, 2.45) is 10.8 Å². The zero-order valence-corrected chi connectivity index (χ0v) is 13.9. The van der Waals surface area contributed by atoms with E-state index in [-0.39, 0.29) is 16.4 Å². The molecule has 0 aromatic carbocycles. The molecule has 0 aromatic heterocycles. The van der Waals surface area contributed by atoms with Crippen molar-refractivity contribution in [1.82, 2.24) is 0 Å². The maximum Gasteiger partial charge on any atom is 0.184 e. The van der Waals surface area contributed by atoms with Crippen LogP contribution in [0.15, 0.2) is 0 Å². The number of hydrogen-bond donors (Lipinski definition) is 0. The van der Waals surface area contributed by atoms with Crippen molar-refractivity contribution in [1.29, 1.82) is 0 Å². The van der Waals surface area contributed by atoms with Crippen LogP contribution < -0.4 is 0 Å². The molecule has 2 fully saturated rings. The lowest BCUT2D eigenvalue weighted by Crippen LogP contribution is -2.39. The molecule has 2 rings (SSSR count). The zero-order chi connectivity index (χ0) is 13.1. The fourth-order valence-electron chi connectivity index (χ4n) is 3.78. The third-order valence-electron chi connectivity index (χ3n) is 4.63. The van der Waals surface area contributed by atoms with Crippen LogP contribution >= 0.6 is 11.6 Å². The molecule has 0 amide bonds. The fourth-order valence-corrected chi connectivity index (χ4v) is 5.97. The fraction of sp³-hybridized carbons (Fsp3) is 1.00. The van der Waals surface area contributed by atoms with Gasteiger partial charge >= 0.3 is 0 Å². The number of hydrogen-bond acceptors (Lipinski definition) is 1. The minimum absolute atomic E-state index is 0.0287. The molecule has 0 aliphatic heterocycles. The van der Waals surface area contributed by atoms with Crippen molar-refractivity contribution in [2.75, 3.05) is 0 Å². The van der Waals surface area contributed by atoms with Crippen LogP contribution in [0, 0.1) is 10.8 Å². The summed E-state index contributed by atoms with van der Waals surface area (Å²) in [6, 6.07) is 0. The first-order chi connectivity index (χ1) is 7.53. The molecule has 100 valence electrons. The average molecular weight is 275 g/mol. The molecule has 0 heterocycles. The highest BCUT2D eigenvalue weighted by Gasteiger charge is 2.76. The van der Waals surface area contributed by atoms with Crippen molar-refractivity contribution in [2.45, 2.75) is 77.1 Å². The smallest absolute Gasteiger partial charge is 0.184 e. The van der Waals surface area contributed by atoms with Gasteiger partial charge in [-0.05, 0) is 44.3 Å². The molecule has 0 bridgehead atoms. The largest absolute Gasteiger partial charge is 0.410 e. The third kappa shape index (κ3) is 2.21. The van der Waals surface area contributed by atoms with Crippen LogP contribution in [0.1, 0.15) is 46.5 Å². The normalized spacial score (nSPS) is 45.0. The first-order valence-electron chi connectivity index (χ1n) is 6.87. The summed E-state index contributed by atoms with van der Waals surface area (Å²) in [6.07, 6.45) is 4.97. The van der Waals surface area contributed by atoms with E-state index in [0.717, 1.165) is 6.42 Å². The third-order valence-corrected chi connectivity index (χ3v) is 6.44. The van der Waals surface area contributed by atoms with Gasteiger partial charge in [-0.2, -0.15) is 0 Å². The van der Waals surface area contributed by atoms with Gasteiger partial charge in [-0.3, -0.25) is 0 Å². The van der Waals surface area contributed by atoms with Crippen LogP contribution in [-0.4, -0.2) is 19.3 Å². The van der Waals surface area contributed by atoms with Crippen molar-refractivity contribution in [3.63, 3.8) is 0 Å². The Balaban J connectivity index is 2.28. The van der Waals surface area contributed by atoms with E-state index in [2.05, 4.69) is 40.4 Å². The first-order valence-corrected chi connectivity index (χ1v) is 10.7. The van der Waals surface area contributed by atoms with E-state index in [9.17, 15) is 0 Å². The topological polar surface area (TPSA) is 9.23 Å². The Morgan fingerprint density at radius 1 is 1.12 bits per heavy atom. The molecule has 1 nitrogen and oxygen atoms in total. The Labute approximate surface area is 112 Å². The predicted octanol–water partition coefficient (Wildman–Crippen LogP) is 4.80.